The molecule has 5 aliphatic carbocycles. The van der Waals surface area contributed by atoms with Gasteiger partial charge in [-0.25, -0.2) is 9.59 Å². The first-order valence-electron chi connectivity index (χ1n) is 17.6. The summed E-state index contributed by atoms with van der Waals surface area (Å²) in [6.07, 6.45) is 5.93. The summed E-state index contributed by atoms with van der Waals surface area (Å²) in [5.74, 6) is 1.61. The van der Waals surface area contributed by atoms with Crippen LogP contribution in [0, 0.1) is 56.7 Å². The van der Waals surface area contributed by atoms with Crippen LogP contribution in [0.15, 0.2) is 0 Å². The van der Waals surface area contributed by atoms with Gasteiger partial charge in [0.1, 0.15) is 12.2 Å². The van der Waals surface area contributed by atoms with Crippen molar-refractivity contribution in [3.8, 4) is 0 Å². The number of aliphatic hydroxyl groups is 1. The molecule has 5 N–H and O–H groups in total. The normalized spacial score (nSPS) is 50.9. The summed E-state index contributed by atoms with van der Waals surface area (Å²) in [7, 11) is 0. The zero-order valence-electron chi connectivity index (χ0n) is 28.0. The molecule has 0 aromatic carbocycles. The highest BCUT2D eigenvalue weighted by atomic mass is 16.6. The van der Waals surface area contributed by atoms with Crippen molar-refractivity contribution in [2.45, 2.75) is 136 Å². The molecule has 7 rings (SSSR count). The Bertz CT molecular complexity index is 1190. The molecular formula is C35H57N3O6. The fraction of sp³-hybridized carbons (Fsp3) is 0.943. The summed E-state index contributed by atoms with van der Waals surface area (Å²) in [6.45, 7) is 17.6. The van der Waals surface area contributed by atoms with Crippen LogP contribution in [0.25, 0.3) is 0 Å². The van der Waals surface area contributed by atoms with E-state index in [0.29, 0.717) is 17.8 Å². The summed E-state index contributed by atoms with van der Waals surface area (Å²) in [5, 5.41) is 18.7. The number of ether oxygens (including phenoxy) is 3. The number of nitrogens with one attached hydrogen (secondary N) is 2. The molecule has 7 fully saturated rings. The van der Waals surface area contributed by atoms with Gasteiger partial charge in [0.2, 0.25) is 0 Å². The maximum atomic E-state index is 12.8. The molecular weight excluding hydrogens is 558 g/mol. The second kappa shape index (κ2) is 9.96. The standard InChI is InChI=1S/C35H57N3O6/c1-18(2)26(44-29(36)40)21-14-19(3)25-27(42-21)28(39)33(7)23-9-8-22-31(4,5)24(43-30(41)38-20-15-37-16-20)10-11-34(22)17-35(23,34)13-12-32(25,33)6/h18-28,37,39H,8-17H2,1-7H3,(H2,36,40)(H,38,41)/t19-,21?,22+,23?,24?,25+,26?,27?,28?,32?,33-,34?,35?/m1/s1. The lowest BCUT2D eigenvalue weighted by Crippen LogP contribution is -2.60. The SMILES string of the molecule is CC(C)C(OC(N)=O)C1C[C@@H](C)[C@H]2C(O1)C(O)[C@@]1(C)C3CC[C@H]4C(C)(C)C(OC(=O)NC5CNC5)CCC45CC35CCC21C. The van der Waals surface area contributed by atoms with Crippen molar-refractivity contribution in [2.24, 2.45) is 62.4 Å². The highest BCUT2D eigenvalue weighted by molar-refractivity contribution is 5.68. The quantitative estimate of drug-likeness (QED) is 0.343. The van der Waals surface area contributed by atoms with Crippen LogP contribution in [0.4, 0.5) is 9.59 Å². The Morgan fingerprint density at radius 2 is 1.70 bits per heavy atom. The van der Waals surface area contributed by atoms with Crippen molar-refractivity contribution in [3.05, 3.63) is 0 Å². The molecule has 248 valence electrons. The van der Waals surface area contributed by atoms with Gasteiger partial charge in [-0.2, -0.15) is 0 Å². The number of nitrogens with two attached hydrogens (primary N) is 1. The van der Waals surface area contributed by atoms with Crippen LogP contribution in [0.2, 0.25) is 0 Å². The van der Waals surface area contributed by atoms with Gasteiger partial charge in [-0.15, -0.1) is 0 Å². The van der Waals surface area contributed by atoms with Gasteiger partial charge < -0.3 is 35.7 Å². The van der Waals surface area contributed by atoms with Crippen molar-refractivity contribution >= 4 is 12.2 Å². The maximum absolute atomic E-state index is 12.8. The summed E-state index contributed by atoms with van der Waals surface area (Å²) in [4.78, 5) is 24.6. The molecule has 2 heterocycles. The molecule has 13 atom stereocenters. The van der Waals surface area contributed by atoms with Crippen LogP contribution < -0.4 is 16.4 Å². The zero-order chi connectivity index (χ0) is 31.6. The highest BCUT2D eigenvalue weighted by Gasteiger charge is 2.84. The van der Waals surface area contributed by atoms with Crippen molar-refractivity contribution < 1.29 is 28.9 Å². The van der Waals surface area contributed by atoms with Gasteiger partial charge in [-0.3, -0.25) is 0 Å². The number of primary amides is 1. The Morgan fingerprint density at radius 3 is 2.34 bits per heavy atom. The number of aliphatic hydroxyl groups excluding tert-OH is 1. The minimum absolute atomic E-state index is 0.0316. The smallest absolute Gasteiger partial charge is 0.407 e. The van der Waals surface area contributed by atoms with Gasteiger partial charge in [-0.1, -0.05) is 48.5 Å². The van der Waals surface area contributed by atoms with Crippen LogP contribution in [0.1, 0.15) is 99.8 Å². The van der Waals surface area contributed by atoms with Gasteiger partial charge >= 0.3 is 12.2 Å². The van der Waals surface area contributed by atoms with Gasteiger partial charge in [0.15, 0.2) is 0 Å². The molecule has 2 aliphatic heterocycles. The van der Waals surface area contributed by atoms with E-state index in [1.165, 1.54) is 12.8 Å². The zero-order valence-corrected chi connectivity index (χ0v) is 28.0. The Hall–Kier alpha value is -1.58. The Labute approximate surface area is 263 Å². The van der Waals surface area contributed by atoms with Crippen LogP contribution in [0.3, 0.4) is 0 Å². The van der Waals surface area contributed by atoms with Crippen LogP contribution in [-0.4, -0.2) is 66.9 Å². The molecule has 9 heteroatoms. The molecule has 0 aromatic rings. The molecule has 2 spiro atoms. The lowest BCUT2D eigenvalue weighted by molar-refractivity contribution is -0.184. The summed E-state index contributed by atoms with van der Waals surface area (Å²) in [5.41, 5.74) is 5.58. The number of hydrogen-bond donors (Lipinski definition) is 4. The van der Waals surface area contributed by atoms with E-state index in [2.05, 4.69) is 45.3 Å². The molecule has 0 bridgehead atoms. The summed E-state index contributed by atoms with van der Waals surface area (Å²) in [6, 6.07) is 0.176. The second-order valence-corrected chi connectivity index (χ2v) is 17.6. The molecule has 5 saturated carbocycles. The molecule has 2 amide bonds. The van der Waals surface area contributed by atoms with E-state index in [0.717, 1.165) is 51.6 Å². The van der Waals surface area contributed by atoms with E-state index in [1.807, 2.05) is 13.8 Å². The first-order chi connectivity index (χ1) is 20.6. The predicted octanol–water partition coefficient (Wildman–Crippen LogP) is 4.99. The van der Waals surface area contributed by atoms with Crippen LogP contribution in [-0.2, 0) is 14.2 Å². The van der Waals surface area contributed by atoms with Crippen LogP contribution in [0.5, 0.6) is 0 Å². The molecule has 7 aliphatic rings. The number of carbonyl (C=O) groups is 2. The third-order valence-corrected chi connectivity index (χ3v) is 15.4. The fourth-order valence-electron chi connectivity index (χ4n) is 13.2. The number of hydrogen-bond acceptors (Lipinski definition) is 7. The molecule has 0 aromatic heterocycles. The van der Waals surface area contributed by atoms with Gasteiger partial charge in [0, 0.05) is 23.9 Å². The Balaban J connectivity index is 1.14. The Morgan fingerprint density at radius 1 is 1.02 bits per heavy atom. The van der Waals surface area contributed by atoms with Crippen molar-refractivity contribution in [1.82, 2.24) is 10.6 Å². The number of alkyl carbamates (subject to hydrolysis) is 1. The minimum atomic E-state index is -0.765. The molecule has 0 radical (unpaired) electrons. The highest BCUT2D eigenvalue weighted by Crippen LogP contribution is 2.89. The van der Waals surface area contributed by atoms with E-state index < -0.39 is 18.3 Å². The van der Waals surface area contributed by atoms with E-state index >= 15 is 0 Å². The van der Waals surface area contributed by atoms with Gasteiger partial charge in [0.05, 0.1) is 24.4 Å². The topological polar surface area (TPSA) is 132 Å². The van der Waals surface area contributed by atoms with E-state index in [9.17, 15) is 14.7 Å². The van der Waals surface area contributed by atoms with E-state index in [-0.39, 0.29) is 69.4 Å². The average molecular weight is 616 g/mol. The third kappa shape index (κ3) is 3.93. The number of carbonyl (C=O) groups excluding carboxylic acids is 2. The number of amides is 2. The lowest BCUT2D eigenvalue weighted by atomic mass is 9.41. The largest absolute Gasteiger partial charge is 0.446 e. The lowest BCUT2D eigenvalue weighted by Gasteiger charge is -2.63. The van der Waals surface area contributed by atoms with Crippen LogP contribution >= 0.6 is 0 Å². The van der Waals surface area contributed by atoms with Gasteiger partial charge in [-0.05, 0) is 97.2 Å². The second-order valence-electron chi connectivity index (χ2n) is 17.6. The van der Waals surface area contributed by atoms with Crippen molar-refractivity contribution in [2.75, 3.05) is 13.1 Å². The Kier molecular flexibility index (Phi) is 7.03. The third-order valence-electron chi connectivity index (χ3n) is 15.4. The number of fused-ring (bicyclic) bond motifs is 4. The number of rotatable bonds is 5. The first kappa shape index (κ1) is 31.0. The van der Waals surface area contributed by atoms with E-state index in [1.54, 1.807) is 0 Å². The first-order valence-corrected chi connectivity index (χ1v) is 17.6. The predicted molar refractivity (Wildman–Crippen MR) is 165 cm³/mol. The van der Waals surface area contributed by atoms with Crippen molar-refractivity contribution in [3.63, 3.8) is 0 Å². The average Bonchev–Trinajstić information content (AvgIpc) is 3.55. The monoisotopic (exact) mass is 615 g/mol. The molecule has 44 heavy (non-hydrogen) atoms. The van der Waals surface area contributed by atoms with Gasteiger partial charge in [0.25, 0.3) is 0 Å². The molecule has 9 unspecified atom stereocenters. The fourth-order valence-corrected chi connectivity index (χ4v) is 13.2. The summed E-state index contributed by atoms with van der Waals surface area (Å²) < 4.78 is 18.6. The van der Waals surface area contributed by atoms with Crippen molar-refractivity contribution in [1.29, 1.82) is 0 Å². The molecule has 2 saturated heterocycles. The summed E-state index contributed by atoms with van der Waals surface area (Å²) >= 11 is 0. The molecule has 9 nitrogen and oxygen atoms in total. The minimum Gasteiger partial charge on any atom is -0.446 e. The maximum Gasteiger partial charge on any atom is 0.407 e. The van der Waals surface area contributed by atoms with E-state index in [4.69, 9.17) is 19.9 Å².